The molecular weight excluding hydrogens is 176 g/mol. The Labute approximate surface area is 81.7 Å². The van der Waals surface area contributed by atoms with Gasteiger partial charge < -0.3 is 5.32 Å². The van der Waals surface area contributed by atoms with E-state index in [-0.39, 0.29) is 0 Å². The molecule has 70 valence electrons. The number of hydrogen-bond acceptors (Lipinski definition) is 3. The van der Waals surface area contributed by atoms with Crippen molar-refractivity contribution in [2.45, 2.75) is 0 Å². The van der Waals surface area contributed by atoms with Gasteiger partial charge in [0.25, 0.3) is 0 Å². The van der Waals surface area contributed by atoms with Gasteiger partial charge in [-0.15, -0.1) is 0 Å². The number of fused-ring (bicyclic) bond motifs is 1. The molecule has 2 aromatic rings. The molecule has 0 atom stereocenters. The lowest BCUT2D eigenvalue weighted by Gasteiger charge is -1.89. The predicted octanol–water partition coefficient (Wildman–Crippen LogP) is 0.529. The Bertz CT molecular complexity index is 489. The average Bonchev–Trinajstić information content (AvgIpc) is 2.65. The molecule has 14 heavy (non-hydrogen) atoms. The fraction of sp³-hybridized carbons (Fsp3) is 0.200. The van der Waals surface area contributed by atoms with Gasteiger partial charge in [-0.3, -0.25) is 5.10 Å². The summed E-state index contributed by atoms with van der Waals surface area (Å²) in [4.78, 5) is 4.18. The number of aromatic nitrogens is 3. The van der Waals surface area contributed by atoms with Crippen LogP contribution in [0.4, 0.5) is 0 Å². The van der Waals surface area contributed by atoms with Crippen LogP contribution < -0.4 is 5.32 Å². The van der Waals surface area contributed by atoms with Crippen molar-refractivity contribution in [2.75, 3.05) is 13.6 Å². The van der Waals surface area contributed by atoms with E-state index in [1.807, 2.05) is 13.1 Å². The number of H-pyrrole nitrogens is 1. The summed E-state index contributed by atoms with van der Waals surface area (Å²) in [7, 11) is 1.87. The van der Waals surface area contributed by atoms with E-state index in [1.165, 1.54) is 0 Å². The molecule has 2 heterocycles. The number of hydrogen-bond donors (Lipinski definition) is 2. The summed E-state index contributed by atoms with van der Waals surface area (Å²) in [6.07, 6.45) is 3.48. The first kappa shape index (κ1) is 8.73. The number of rotatable bonds is 1. The summed E-state index contributed by atoms with van der Waals surface area (Å²) >= 11 is 0. The second kappa shape index (κ2) is 3.90. The lowest BCUT2D eigenvalue weighted by atomic mass is 10.2. The van der Waals surface area contributed by atoms with Crippen molar-refractivity contribution < 1.29 is 0 Å². The molecule has 0 amide bonds. The topological polar surface area (TPSA) is 53.6 Å². The Kier molecular flexibility index (Phi) is 2.43. The van der Waals surface area contributed by atoms with Crippen LogP contribution in [-0.2, 0) is 0 Å². The van der Waals surface area contributed by atoms with Crippen LogP contribution in [0.15, 0.2) is 18.5 Å². The molecule has 0 bridgehead atoms. The molecule has 4 nitrogen and oxygen atoms in total. The van der Waals surface area contributed by atoms with Crippen molar-refractivity contribution in [3.05, 3.63) is 24.0 Å². The molecule has 2 rings (SSSR count). The minimum atomic E-state index is 0.684. The lowest BCUT2D eigenvalue weighted by molar-refractivity contribution is 0.938. The van der Waals surface area contributed by atoms with E-state index in [1.54, 1.807) is 12.4 Å². The van der Waals surface area contributed by atoms with Crippen LogP contribution in [0.1, 0.15) is 5.56 Å². The minimum Gasteiger partial charge on any atom is -0.309 e. The molecule has 0 aliphatic rings. The van der Waals surface area contributed by atoms with Crippen molar-refractivity contribution in [2.24, 2.45) is 0 Å². The fourth-order valence-electron chi connectivity index (χ4n) is 1.14. The van der Waals surface area contributed by atoms with E-state index < -0.39 is 0 Å². The molecule has 4 heteroatoms. The first-order valence-electron chi connectivity index (χ1n) is 4.33. The number of nitrogens with zero attached hydrogens (tertiary/aromatic N) is 2. The van der Waals surface area contributed by atoms with Crippen molar-refractivity contribution in [3.8, 4) is 11.8 Å². The van der Waals surface area contributed by atoms with E-state index in [4.69, 9.17) is 0 Å². The normalized spacial score (nSPS) is 9.79. The van der Waals surface area contributed by atoms with Gasteiger partial charge in [-0.2, -0.15) is 5.10 Å². The third-order valence-corrected chi connectivity index (χ3v) is 1.79. The molecule has 2 aromatic heterocycles. The van der Waals surface area contributed by atoms with Crippen molar-refractivity contribution in [1.82, 2.24) is 20.5 Å². The largest absolute Gasteiger partial charge is 0.309 e. The minimum absolute atomic E-state index is 0.684. The summed E-state index contributed by atoms with van der Waals surface area (Å²) in [6.45, 7) is 0.684. The molecule has 0 saturated heterocycles. The van der Waals surface area contributed by atoms with Crippen LogP contribution in [-0.4, -0.2) is 28.8 Å². The van der Waals surface area contributed by atoms with Gasteiger partial charge in [0.2, 0.25) is 0 Å². The average molecular weight is 186 g/mol. The third-order valence-electron chi connectivity index (χ3n) is 1.79. The van der Waals surface area contributed by atoms with Crippen LogP contribution >= 0.6 is 0 Å². The Morgan fingerprint density at radius 1 is 1.50 bits per heavy atom. The summed E-state index contributed by atoms with van der Waals surface area (Å²) in [5, 5.41) is 10.6. The van der Waals surface area contributed by atoms with E-state index >= 15 is 0 Å². The predicted molar refractivity (Wildman–Crippen MR) is 54.7 cm³/mol. The SMILES string of the molecule is CNCC#Cc1cnc2[nH]ncc2c1. The fourth-order valence-corrected chi connectivity index (χ4v) is 1.14. The maximum absolute atomic E-state index is 4.18. The number of nitrogens with one attached hydrogen (secondary N) is 2. The molecule has 0 fully saturated rings. The first-order chi connectivity index (χ1) is 6.90. The molecular formula is C10H10N4. The second-order valence-corrected chi connectivity index (χ2v) is 2.86. The lowest BCUT2D eigenvalue weighted by Crippen LogP contribution is -2.04. The molecule has 0 saturated carbocycles. The van der Waals surface area contributed by atoms with E-state index in [0.717, 1.165) is 16.6 Å². The molecule has 0 aliphatic heterocycles. The van der Waals surface area contributed by atoms with Crippen molar-refractivity contribution in [3.63, 3.8) is 0 Å². The van der Waals surface area contributed by atoms with Gasteiger partial charge in [-0.25, -0.2) is 4.98 Å². The molecule has 0 aromatic carbocycles. The van der Waals surface area contributed by atoms with E-state index in [0.29, 0.717) is 6.54 Å². The summed E-state index contributed by atoms with van der Waals surface area (Å²) in [6, 6.07) is 1.97. The van der Waals surface area contributed by atoms with Crippen LogP contribution in [0.5, 0.6) is 0 Å². The van der Waals surface area contributed by atoms with Crippen LogP contribution in [0.25, 0.3) is 11.0 Å². The second-order valence-electron chi connectivity index (χ2n) is 2.86. The Morgan fingerprint density at radius 3 is 3.29 bits per heavy atom. The zero-order valence-electron chi connectivity index (χ0n) is 7.83. The maximum Gasteiger partial charge on any atom is 0.155 e. The standard InChI is InChI=1S/C10H10N4/c1-11-4-2-3-8-5-9-7-13-14-10(9)12-6-8/h5-7,11H,4H2,1H3,(H,12,13,14). The smallest absolute Gasteiger partial charge is 0.155 e. The zero-order valence-corrected chi connectivity index (χ0v) is 7.83. The third kappa shape index (κ3) is 1.73. The van der Waals surface area contributed by atoms with Gasteiger partial charge in [0.1, 0.15) is 0 Å². The molecule has 0 aliphatic carbocycles. The van der Waals surface area contributed by atoms with Gasteiger partial charge in [-0.05, 0) is 13.1 Å². The summed E-state index contributed by atoms with van der Waals surface area (Å²) < 4.78 is 0. The van der Waals surface area contributed by atoms with Crippen LogP contribution in [0, 0.1) is 11.8 Å². The Hall–Kier alpha value is -1.86. The van der Waals surface area contributed by atoms with Gasteiger partial charge >= 0.3 is 0 Å². The number of aromatic amines is 1. The maximum atomic E-state index is 4.18. The Morgan fingerprint density at radius 2 is 2.43 bits per heavy atom. The summed E-state index contributed by atoms with van der Waals surface area (Å²) in [5.41, 5.74) is 1.71. The monoisotopic (exact) mass is 186 g/mol. The Balaban J connectivity index is 2.31. The highest BCUT2D eigenvalue weighted by molar-refractivity contribution is 5.75. The van der Waals surface area contributed by atoms with Crippen molar-refractivity contribution >= 4 is 11.0 Å². The van der Waals surface area contributed by atoms with Crippen molar-refractivity contribution in [1.29, 1.82) is 0 Å². The molecule has 2 N–H and O–H groups in total. The summed E-state index contributed by atoms with van der Waals surface area (Å²) in [5.74, 6) is 5.99. The highest BCUT2D eigenvalue weighted by atomic mass is 15.1. The first-order valence-corrected chi connectivity index (χ1v) is 4.33. The number of pyridine rings is 1. The van der Waals surface area contributed by atoms with Gasteiger partial charge in [-0.1, -0.05) is 11.8 Å². The van der Waals surface area contributed by atoms with Gasteiger partial charge in [0.15, 0.2) is 5.65 Å². The molecule has 0 radical (unpaired) electrons. The van der Waals surface area contributed by atoms with Gasteiger partial charge in [0.05, 0.1) is 12.7 Å². The van der Waals surface area contributed by atoms with E-state index in [2.05, 4.69) is 32.3 Å². The van der Waals surface area contributed by atoms with Crippen LogP contribution in [0.3, 0.4) is 0 Å². The molecule has 0 spiro atoms. The van der Waals surface area contributed by atoms with E-state index in [9.17, 15) is 0 Å². The highest BCUT2D eigenvalue weighted by Gasteiger charge is 1.95. The van der Waals surface area contributed by atoms with Gasteiger partial charge in [0, 0.05) is 17.1 Å². The molecule has 0 unspecified atom stereocenters. The van der Waals surface area contributed by atoms with Crippen LogP contribution in [0.2, 0.25) is 0 Å². The zero-order chi connectivity index (χ0) is 9.80. The highest BCUT2D eigenvalue weighted by Crippen LogP contribution is 2.08. The quantitative estimate of drug-likeness (QED) is 0.639.